The van der Waals surface area contributed by atoms with Gasteiger partial charge in [-0.1, -0.05) is 12.1 Å². The van der Waals surface area contributed by atoms with E-state index >= 15 is 0 Å². The molecule has 0 fully saturated rings. The Morgan fingerprint density at radius 2 is 1.14 bits per heavy atom. The van der Waals surface area contributed by atoms with Crippen molar-refractivity contribution in [1.29, 1.82) is 10.5 Å². The van der Waals surface area contributed by atoms with E-state index in [1.165, 1.54) is 36.4 Å². The summed E-state index contributed by atoms with van der Waals surface area (Å²) in [6.45, 7) is 0. The highest BCUT2D eigenvalue weighted by Crippen LogP contribution is 2.30. The molecule has 0 amide bonds. The lowest BCUT2D eigenvalue weighted by atomic mass is 10.0. The van der Waals surface area contributed by atoms with Crippen LogP contribution in [-0.4, -0.2) is 9.85 Å². The predicted octanol–water partition coefficient (Wildman–Crippen LogP) is 2.91. The summed E-state index contributed by atoms with van der Waals surface area (Å²) in [5, 5.41) is 39.6. The van der Waals surface area contributed by atoms with Crippen molar-refractivity contribution in [1.82, 2.24) is 0 Å². The molecule has 0 aliphatic carbocycles. The fourth-order valence-corrected chi connectivity index (χ4v) is 1.91. The molecule has 0 unspecified atom stereocenters. The largest absolute Gasteiger partial charge is 0.287 e. The van der Waals surface area contributed by atoms with Crippen LogP contribution in [0.25, 0.3) is 11.1 Å². The Morgan fingerprint density at radius 1 is 0.773 bits per heavy atom. The van der Waals surface area contributed by atoms with Gasteiger partial charge in [-0.25, -0.2) is 0 Å². The molecule has 0 bridgehead atoms. The highest BCUT2D eigenvalue weighted by molar-refractivity contribution is 5.72. The van der Waals surface area contributed by atoms with Gasteiger partial charge in [0.1, 0.15) is 23.3 Å². The fraction of sp³-hybridized carbons (Fsp3) is 0. The standard InChI is InChI=1S/C14H6N4O4/c15-7-11-3-1-9(5-13(11)17(19)20)10-2-4-12(8-16)14(6-10)18(21)22/h1-6H. The molecule has 0 atom stereocenters. The van der Waals surface area contributed by atoms with Gasteiger partial charge in [0.2, 0.25) is 0 Å². The molecule has 2 rings (SSSR count). The Labute approximate surface area is 123 Å². The number of nitro groups is 2. The minimum Gasteiger partial charge on any atom is -0.258 e. The minimum absolute atomic E-state index is 0.100. The van der Waals surface area contributed by atoms with Crippen molar-refractivity contribution in [2.45, 2.75) is 0 Å². The zero-order valence-corrected chi connectivity index (χ0v) is 10.9. The first-order chi connectivity index (χ1) is 10.5. The summed E-state index contributed by atoms with van der Waals surface area (Å²) in [5.41, 5.74) is -0.274. The zero-order chi connectivity index (χ0) is 16.3. The first kappa shape index (κ1) is 14.6. The molecule has 0 saturated carbocycles. The van der Waals surface area contributed by atoms with E-state index in [1.807, 2.05) is 0 Å². The second kappa shape index (κ2) is 5.69. The van der Waals surface area contributed by atoms with E-state index in [9.17, 15) is 20.2 Å². The minimum atomic E-state index is -0.694. The van der Waals surface area contributed by atoms with Crippen LogP contribution in [0.2, 0.25) is 0 Å². The summed E-state index contributed by atoms with van der Waals surface area (Å²) in [7, 11) is 0. The number of nitrogens with zero attached hydrogens (tertiary/aromatic N) is 4. The average Bonchev–Trinajstić information content (AvgIpc) is 2.53. The van der Waals surface area contributed by atoms with E-state index in [0.29, 0.717) is 11.1 Å². The molecule has 0 spiro atoms. The van der Waals surface area contributed by atoms with Gasteiger partial charge < -0.3 is 0 Å². The van der Waals surface area contributed by atoms with Gasteiger partial charge in [-0.3, -0.25) is 20.2 Å². The van der Waals surface area contributed by atoms with Crippen LogP contribution in [0.4, 0.5) is 11.4 Å². The Kier molecular flexibility index (Phi) is 3.78. The van der Waals surface area contributed by atoms with Crippen LogP contribution >= 0.6 is 0 Å². The number of nitro benzene ring substituents is 2. The summed E-state index contributed by atoms with van der Waals surface area (Å²) in [5.74, 6) is 0. The quantitative estimate of drug-likeness (QED) is 0.630. The van der Waals surface area contributed by atoms with Gasteiger partial charge in [-0.2, -0.15) is 10.5 Å². The number of benzene rings is 2. The molecule has 0 radical (unpaired) electrons. The molecule has 2 aromatic rings. The maximum absolute atomic E-state index is 10.9. The number of rotatable bonds is 3. The van der Waals surface area contributed by atoms with Crippen LogP contribution in [0.5, 0.6) is 0 Å². The zero-order valence-electron chi connectivity index (χ0n) is 10.9. The monoisotopic (exact) mass is 294 g/mol. The van der Waals surface area contributed by atoms with Crippen molar-refractivity contribution in [3.8, 4) is 23.3 Å². The first-order valence-electron chi connectivity index (χ1n) is 5.85. The van der Waals surface area contributed by atoms with Crippen LogP contribution < -0.4 is 0 Å². The third-order valence-electron chi connectivity index (χ3n) is 2.96. The van der Waals surface area contributed by atoms with E-state index in [-0.39, 0.29) is 22.5 Å². The molecule has 0 aliphatic heterocycles. The molecule has 8 nitrogen and oxygen atoms in total. The summed E-state index contributed by atoms with van der Waals surface area (Å²) in [6.07, 6.45) is 0. The van der Waals surface area contributed by atoms with Crippen LogP contribution in [0.3, 0.4) is 0 Å². The van der Waals surface area contributed by atoms with Crippen molar-refractivity contribution in [3.05, 3.63) is 67.8 Å². The van der Waals surface area contributed by atoms with E-state index in [1.54, 1.807) is 12.1 Å². The third-order valence-corrected chi connectivity index (χ3v) is 2.96. The molecular formula is C14H6N4O4. The molecule has 22 heavy (non-hydrogen) atoms. The number of hydrogen-bond donors (Lipinski definition) is 0. The van der Waals surface area contributed by atoms with E-state index < -0.39 is 9.85 Å². The fourth-order valence-electron chi connectivity index (χ4n) is 1.91. The lowest BCUT2D eigenvalue weighted by Gasteiger charge is -2.03. The maximum Gasteiger partial charge on any atom is 0.287 e. The Balaban J connectivity index is 2.63. The Bertz CT molecular complexity index is 804. The summed E-state index contributed by atoms with van der Waals surface area (Å²) < 4.78 is 0. The summed E-state index contributed by atoms with van der Waals surface area (Å²) in [4.78, 5) is 20.5. The molecule has 2 aromatic carbocycles. The molecule has 0 N–H and O–H groups in total. The highest BCUT2D eigenvalue weighted by atomic mass is 16.6. The van der Waals surface area contributed by atoms with E-state index in [0.717, 1.165) is 0 Å². The van der Waals surface area contributed by atoms with Crippen molar-refractivity contribution < 1.29 is 9.85 Å². The molecule has 0 aromatic heterocycles. The van der Waals surface area contributed by atoms with Gasteiger partial charge in [-0.15, -0.1) is 0 Å². The normalized spacial score (nSPS) is 9.55. The van der Waals surface area contributed by atoms with Crippen molar-refractivity contribution in [2.24, 2.45) is 0 Å². The Morgan fingerprint density at radius 3 is 1.41 bits per heavy atom. The third kappa shape index (κ3) is 2.57. The number of hydrogen-bond acceptors (Lipinski definition) is 6. The highest BCUT2D eigenvalue weighted by Gasteiger charge is 2.18. The van der Waals surface area contributed by atoms with Gasteiger partial charge in [0.05, 0.1) is 9.85 Å². The summed E-state index contributed by atoms with van der Waals surface area (Å²) >= 11 is 0. The lowest BCUT2D eigenvalue weighted by Crippen LogP contribution is -1.95. The van der Waals surface area contributed by atoms with Gasteiger partial charge in [0.15, 0.2) is 0 Å². The Hall–Kier alpha value is -3.78. The molecule has 0 saturated heterocycles. The van der Waals surface area contributed by atoms with Gasteiger partial charge in [0.25, 0.3) is 11.4 Å². The molecule has 0 aliphatic rings. The average molecular weight is 294 g/mol. The van der Waals surface area contributed by atoms with Gasteiger partial charge >= 0.3 is 0 Å². The van der Waals surface area contributed by atoms with Gasteiger partial charge in [0, 0.05) is 12.1 Å². The van der Waals surface area contributed by atoms with E-state index in [2.05, 4.69) is 0 Å². The molecule has 8 heteroatoms. The van der Waals surface area contributed by atoms with E-state index in [4.69, 9.17) is 10.5 Å². The SMILES string of the molecule is N#Cc1ccc(-c2ccc(C#N)c([N+](=O)[O-])c2)cc1[N+](=O)[O-]. The van der Waals surface area contributed by atoms with Crippen LogP contribution in [-0.2, 0) is 0 Å². The second-order valence-electron chi connectivity index (χ2n) is 4.20. The first-order valence-corrected chi connectivity index (χ1v) is 5.85. The number of nitriles is 2. The smallest absolute Gasteiger partial charge is 0.258 e. The van der Waals surface area contributed by atoms with Crippen molar-refractivity contribution in [3.63, 3.8) is 0 Å². The van der Waals surface area contributed by atoms with Crippen LogP contribution in [0.15, 0.2) is 36.4 Å². The molecule has 0 heterocycles. The molecular weight excluding hydrogens is 288 g/mol. The van der Waals surface area contributed by atoms with Crippen molar-refractivity contribution in [2.75, 3.05) is 0 Å². The molecule has 106 valence electrons. The lowest BCUT2D eigenvalue weighted by molar-refractivity contribution is -0.385. The van der Waals surface area contributed by atoms with Crippen molar-refractivity contribution >= 4 is 11.4 Å². The predicted molar refractivity (Wildman–Crippen MR) is 74.6 cm³/mol. The van der Waals surface area contributed by atoms with Crippen LogP contribution in [0.1, 0.15) is 11.1 Å². The van der Waals surface area contributed by atoms with Gasteiger partial charge in [-0.05, 0) is 23.3 Å². The second-order valence-corrected chi connectivity index (χ2v) is 4.20. The summed E-state index contributed by atoms with van der Waals surface area (Å²) in [6, 6.07) is 11.2. The maximum atomic E-state index is 10.9. The topological polar surface area (TPSA) is 134 Å². The van der Waals surface area contributed by atoms with Crippen LogP contribution in [0, 0.1) is 42.9 Å².